The molecule has 0 N–H and O–H groups in total. The number of hydrogen-bond donors (Lipinski definition) is 0. The normalized spacial score (nSPS) is 14.6. The molecule has 3 heteroatoms. The highest BCUT2D eigenvalue weighted by atomic mass is 28.3. The molecular formula is C40H44O2Si. The van der Waals surface area contributed by atoms with Crippen molar-refractivity contribution in [3.63, 3.8) is 0 Å². The number of methoxy groups -OCH3 is 2. The van der Waals surface area contributed by atoms with Gasteiger partial charge in [0.25, 0.3) is 0 Å². The van der Waals surface area contributed by atoms with Gasteiger partial charge < -0.3 is 9.47 Å². The molecular weight excluding hydrogens is 541 g/mol. The van der Waals surface area contributed by atoms with Crippen molar-refractivity contribution in [1.82, 2.24) is 0 Å². The van der Waals surface area contributed by atoms with Crippen molar-refractivity contribution >= 4 is 18.5 Å². The minimum Gasteiger partial charge on any atom is -0.497 e. The molecule has 43 heavy (non-hydrogen) atoms. The van der Waals surface area contributed by atoms with Crippen LogP contribution >= 0.6 is 0 Å². The van der Waals surface area contributed by atoms with Gasteiger partial charge in [-0.15, -0.1) is 0 Å². The van der Waals surface area contributed by atoms with Crippen molar-refractivity contribution in [2.24, 2.45) is 11.8 Å². The molecule has 0 unspecified atom stereocenters. The fourth-order valence-electron chi connectivity index (χ4n) is 7.55. The summed E-state index contributed by atoms with van der Waals surface area (Å²) >= 11 is 0. The minimum absolute atomic E-state index is 0.485. The predicted octanol–water partition coefficient (Wildman–Crippen LogP) is 10.5. The molecule has 0 atom stereocenters. The summed E-state index contributed by atoms with van der Waals surface area (Å²) in [7, 11) is 1.22. The highest BCUT2D eigenvalue weighted by Gasteiger charge is 2.44. The molecule has 4 aromatic rings. The third kappa shape index (κ3) is 4.98. The number of allylic oxidation sites excluding steroid dienone is 2. The first-order valence-corrected chi connectivity index (χ1v) is 18.7. The molecule has 0 aliphatic heterocycles. The Balaban J connectivity index is 1.59. The van der Waals surface area contributed by atoms with E-state index in [1.807, 2.05) is 0 Å². The van der Waals surface area contributed by atoms with Gasteiger partial charge in [-0.05, 0) is 104 Å². The Morgan fingerprint density at radius 1 is 0.535 bits per heavy atom. The van der Waals surface area contributed by atoms with E-state index in [1.54, 1.807) is 35.8 Å². The van der Waals surface area contributed by atoms with Crippen LogP contribution in [0.25, 0.3) is 32.6 Å². The Morgan fingerprint density at radius 3 is 1.23 bits per heavy atom. The van der Waals surface area contributed by atoms with Crippen LogP contribution in [0.3, 0.4) is 0 Å². The molecule has 0 radical (unpaired) electrons. The summed E-state index contributed by atoms with van der Waals surface area (Å²) < 4.78 is 11.0. The SMILES string of the molecule is COc1ccc(-c2cccc3c2C([Si](C)(C)C2=C(C(C)C)Cc4cccc(-c5ccc(OC)cc5)c42)=C(C(C)C)C3)cc1. The van der Waals surface area contributed by atoms with Crippen LogP contribution in [0.15, 0.2) is 96.1 Å². The number of ether oxygens (including phenoxy) is 2. The summed E-state index contributed by atoms with van der Waals surface area (Å²) in [5.41, 5.74) is 14.4. The van der Waals surface area contributed by atoms with E-state index in [9.17, 15) is 0 Å². The monoisotopic (exact) mass is 584 g/mol. The predicted molar refractivity (Wildman–Crippen MR) is 185 cm³/mol. The lowest BCUT2D eigenvalue weighted by atomic mass is 9.97. The van der Waals surface area contributed by atoms with Gasteiger partial charge >= 0.3 is 0 Å². The van der Waals surface area contributed by atoms with E-state index < -0.39 is 8.07 Å². The van der Waals surface area contributed by atoms with E-state index in [0.717, 1.165) is 24.3 Å². The lowest BCUT2D eigenvalue weighted by Crippen LogP contribution is -2.33. The van der Waals surface area contributed by atoms with Gasteiger partial charge in [-0.25, -0.2) is 0 Å². The first kappa shape index (κ1) is 29.3. The van der Waals surface area contributed by atoms with Gasteiger partial charge in [0.2, 0.25) is 0 Å². The van der Waals surface area contributed by atoms with Gasteiger partial charge in [0.15, 0.2) is 0 Å². The van der Waals surface area contributed by atoms with E-state index in [-0.39, 0.29) is 0 Å². The Hall–Kier alpha value is -3.82. The van der Waals surface area contributed by atoms with E-state index in [4.69, 9.17) is 9.47 Å². The molecule has 0 heterocycles. The first-order valence-electron chi connectivity index (χ1n) is 15.7. The fourth-order valence-corrected chi connectivity index (χ4v) is 12.0. The van der Waals surface area contributed by atoms with Crippen molar-refractivity contribution in [2.45, 2.75) is 53.6 Å². The highest BCUT2D eigenvalue weighted by molar-refractivity contribution is 7.09. The van der Waals surface area contributed by atoms with Crippen LogP contribution in [0, 0.1) is 11.8 Å². The third-order valence-electron chi connectivity index (χ3n) is 9.65. The summed E-state index contributed by atoms with van der Waals surface area (Å²) in [6.07, 6.45) is 2.08. The molecule has 0 saturated carbocycles. The van der Waals surface area contributed by atoms with Crippen LogP contribution in [0.4, 0.5) is 0 Å². The summed E-state index contributed by atoms with van der Waals surface area (Å²) in [4.78, 5) is 0. The van der Waals surface area contributed by atoms with Gasteiger partial charge in [-0.1, -0.05) is 113 Å². The number of benzene rings is 4. The summed E-state index contributed by atoms with van der Waals surface area (Å²) in [5.74, 6) is 2.76. The molecule has 2 aliphatic rings. The van der Waals surface area contributed by atoms with Crippen LogP contribution < -0.4 is 9.47 Å². The molecule has 6 rings (SSSR count). The third-order valence-corrected chi connectivity index (χ3v) is 13.3. The van der Waals surface area contributed by atoms with Crippen LogP contribution in [0.1, 0.15) is 49.9 Å². The van der Waals surface area contributed by atoms with Crippen molar-refractivity contribution in [3.8, 4) is 33.8 Å². The summed E-state index contributed by atoms with van der Waals surface area (Å²) in [5, 5.41) is 3.30. The number of fused-ring (bicyclic) bond motifs is 2. The Labute approximate surface area is 259 Å². The van der Waals surface area contributed by atoms with Gasteiger partial charge in [0.05, 0.1) is 14.2 Å². The van der Waals surface area contributed by atoms with Gasteiger partial charge in [0, 0.05) is 0 Å². The zero-order valence-corrected chi connectivity index (χ0v) is 28.0. The van der Waals surface area contributed by atoms with Crippen molar-refractivity contribution in [2.75, 3.05) is 14.2 Å². The maximum Gasteiger partial charge on any atom is 0.118 e. The van der Waals surface area contributed by atoms with Gasteiger partial charge in [0.1, 0.15) is 19.6 Å². The second kappa shape index (κ2) is 11.4. The van der Waals surface area contributed by atoms with Crippen molar-refractivity contribution in [1.29, 1.82) is 0 Å². The second-order valence-corrected chi connectivity index (χ2v) is 17.5. The molecule has 0 aromatic heterocycles. The van der Waals surface area contributed by atoms with Crippen LogP contribution in [0.5, 0.6) is 11.5 Å². The lowest BCUT2D eigenvalue weighted by Gasteiger charge is -2.34. The molecule has 0 amide bonds. The van der Waals surface area contributed by atoms with E-state index in [2.05, 4.69) is 126 Å². The van der Waals surface area contributed by atoms with Gasteiger partial charge in [-0.3, -0.25) is 0 Å². The van der Waals surface area contributed by atoms with E-state index in [1.165, 1.54) is 44.5 Å². The standard InChI is InChI=1S/C40H44O2Si/c1-25(2)35-23-29-11-9-13-33(27-15-19-31(41-5)20-16-27)37(29)39(35)43(7,8)40-36(26(3)4)24-30-12-10-14-34(38(30)40)28-17-21-32(42-6)22-18-28/h9-22,25-26H,23-24H2,1-8H3. The number of rotatable bonds is 8. The quantitative estimate of drug-likeness (QED) is 0.192. The van der Waals surface area contributed by atoms with E-state index >= 15 is 0 Å². The first-order chi connectivity index (χ1) is 20.6. The Bertz CT molecular complexity index is 1610. The van der Waals surface area contributed by atoms with Crippen molar-refractivity contribution < 1.29 is 9.47 Å². The van der Waals surface area contributed by atoms with Gasteiger partial charge in [-0.2, -0.15) is 0 Å². The van der Waals surface area contributed by atoms with Crippen LogP contribution in [-0.2, 0) is 12.8 Å². The molecule has 0 bridgehead atoms. The van der Waals surface area contributed by atoms with Crippen LogP contribution in [0.2, 0.25) is 13.1 Å². The Kier molecular flexibility index (Phi) is 7.72. The maximum atomic E-state index is 5.50. The zero-order valence-electron chi connectivity index (χ0n) is 27.0. The molecule has 220 valence electrons. The van der Waals surface area contributed by atoms with Crippen LogP contribution in [-0.4, -0.2) is 22.3 Å². The topological polar surface area (TPSA) is 18.5 Å². The molecule has 0 spiro atoms. The average Bonchev–Trinajstić information content (AvgIpc) is 3.62. The van der Waals surface area contributed by atoms with E-state index in [0.29, 0.717) is 11.8 Å². The smallest absolute Gasteiger partial charge is 0.118 e. The molecule has 2 aliphatic carbocycles. The fraction of sp³-hybridized carbons (Fsp3) is 0.300. The average molecular weight is 585 g/mol. The molecule has 0 fully saturated rings. The summed E-state index contributed by atoms with van der Waals surface area (Å²) in [6.45, 7) is 14.8. The molecule has 2 nitrogen and oxygen atoms in total. The largest absolute Gasteiger partial charge is 0.497 e. The molecule has 4 aromatic carbocycles. The molecule has 0 saturated heterocycles. The minimum atomic E-state index is -2.25. The summed E-state index contributed by atoms with van der Waals surface area (Å²) in [6, 6.07) is 31.1. The maximum absolute atomic E-state index is 5.50. The zero-order chi connectivity index (χ0) is 30.5. The highest BCUT2D eigenvalue weighted by Crippen LogP contribution is 2.54. The lowest BCUT2D eigenvalue weighted by molar-refractivity contribution is 0.415. The number of hydrogen-bond acceptors (Lipinski definition) is 2. The van der Waals surface area contributed by atoms with Crippen molar-refractivity contribution in [3.05, 3.63) is 118 Å². The Morgan fingerprint density at radius 2 is 0.907 bits per heavy atom. The second-order valence-electron chi connectivity index (χ2n) is 13.2.